The van der Waals surface area contributed by atoms with Crippen molar-refractivity contribution in [2.24, 2.45) is 0 Å². The van der Waals surface area contributed by atoms with Gasteiger partial charge in [0.1, 0.15) is 11.4 Å². The van der Waals surface area contributed by atoms with Gasteiger partial charge in [0.25, 0.3) is 0 Å². The molecule has 1 N–H and O–H groups in total. The van der Waals surface area contributed by atoms with E-state index in [1.54, 1.807) is 30.3 Å². The molecule has 4 rings (SSSR count). The predicted molar refractivity (Wildman–Crippen MR) is 98.1 cm³/mol. The van der Waals surface area contributed by atoms with Gasteiger partial charge in [0.2, 0.25) is 5.91 Å². The molecule has 0 saturated heterocycles. The highest BCUT2D eigenvalue weighted by Crippen LogP contribution is 2.40. The number of carbonyl (C=O) groups is 1. The molecule has 1 aliphatic carbocycles. The summed E-state index contributed by atoms with van der Waals surface area (Å²) >= 11 is 0. The van der Waals surface area contributed by atoms with Crippen molar-refractivity contribution in [1.29, 1.82) is 0 Å². The van der Waals surface area contributed by atoms with Crippen LogP contribution in [0.2, 0.25) is 0 Å². The van der Waals surface area contributed by atoms with E-state index in [0.717, 1.165) is 48.1 Å². The summed E-state index contributed by atoms with van der Waals surface area (Å²) in [6.07, 6.45) is 7.71. The summed E-state index contributed by atoms with van der Waals surface area (Å²) in [7, 11) is 1.76. The summed E-state index contributed by atoms with van der Waals surface area (Å²) in [4.78, 5) is 20.4. The number of nitrogens with zero attached hydrogens (tertiary/aromatic N) is 4. The fourth-order valence-electron chi connectivity index (χ4n) is 3.66. The summed E-state index contributed by atoms with van der Waals surface area (Å²) in [6.45, 7) is 1.46. The Bertz CT molecular complexity index is 959. The summed E-state index contributed by atoms with van der Waals surface area (Å²) in [5, 5.41) is 8.05. The molecular formula is C19H21N5O2. The van der Waals surface area contributed by atoms with Gasteiger partial charge < -0.3 is 10.1 Å². The molecule has 134 valence electrons. The molecule has 7 heteroatoms. The highest BCUT2D eigenvalue weighted by atomic mass is 16.5. The molecule has 0 radical (unpaired) electrons. The van der Waals surface area contributed by atoms with E-state index < -0.39 is 0 Å². The molecule has 0 atom stereocenters. The number of nitrogens with one attached hydrogen (secondary N) is 1. The minimum atomic E-state index is -0.304. The van der Waals surface area contributed by atoms with E-state index in [2.05, 4.69) is 15.4 Å². The Balaban J connectivity index is 1.78. The van der Waals surface area contributed by atoms with E-state index in [-0.39, 0.29) is 11.5 Å². The third-order valence-electron chi connectivity index (χ3n) is 4.98. The fraction of sp³-hybridized carbons (Fsp3) is 0.368. The number of carbonyl (C=O) groups excluding carboxylic acids is 1. The van der Waals surface area contributed by atoms with Crippen molar-refractivity contribution in [3.63, 3.8) is 0 Å². The largest absolute Gasteiger partial charge is 0.372 e. The van der Waals surface area contributed by atoms with Crippen LogP contribution in [0.4, 0.5) is 5.82 Å². The molecule has 1 aliphatic rings. The Hall–Kier alpha value is -2.80. The number of aromatic nitrogens is 4. The average Bonchev–Trinajstić information content (AvgIpc) is 3.29. The van der Waals surface area contributed by atoms with E-state index in [1.807, 2.05) is 18.2 Å². The van der Waals surface area contributed by atoms with E-state index in [4.69, 9.17) is 9.72 Å². The number of pyridine rings is 2. The lowest BCUT2D eigenvalue weighted by molar-refractivity contribution is -0.114. The van der Waals surface area contributed by atoms with Gasteiger partial charge in [0, 0.05) is 31.7 Å². The quantitative estimate of drug-likeness (QED) is 0.780. The maximum absolute atomic E-state index is 11.3. The molecule has 1 saturated carbocycles. The normalized spacial score (nSPS) is 16.1. The van der Waals surface area contributed by atoms with Gasteiger partial charge in [-0.2, -0.15) is 5.10 Å². The van der Waals surface area contributed by atoms with E-state index in [9.17, 15) is 4.79 Å². The lowest BCUT2D eigenvalue weighted by Gasteiger charge is -2.27. The number of ether oxygens (including phenoxy) is 1. The summed E-state index contributed by atoms with van der Waals surface area (Å²) in [5.74, 6) is 1.05. The molecule has 3 aromatic heterocycles. The van der Waals surface area contributed by atoms with Gasteiger partial charge in [-0.3, -0.25) is 4.79 Å². The highest BCUT2D eigenvalue weighted by Gasteiger charge is 2.37. The molecule has 0 spiro atoms. The highest BCUT2D eigenvalue weighted by molar-refractivity contribution is 5.90. The van der Waals surface area contributed by atoms with E-state index in [0.29, 0.717) is 5.82 Å². The van der Waals surface area contributed by atoms with Gasteiger partial charge in [0.15, 0.2) is 5.82 Å². The number of fused-ring (bicyclic) bond motifs is 1. The second kappa shape index (κ2) is 6.49. The molecule has 3 heterocycles. The van der Waals surface area contributed by atoms with Crippen LogP contribution in [0.3, 0.4) is 0 Å². The van der Waals surface area contributed by atoms with Crippen LogP contribution in [0.1, 0.15) is 38.3 Å². The zero-order chi connectivity index (χ0) is 18.1. The predicted octanol–water partition coefficient (Wildman–Crippen LogP) is 3.19. The zero-order valence-corrected chi connectivity index (χ0v) is 14.9. The number of methoxy groups -OCH3 is 1. The third kappa shape index (κ3) is 2.84. The van der Waals surface area contributed by atoms with Crippen LogP contribution in [-0.4, -0.2) is 32.8 Å². The second-order valence-corrected chi connectivity index (χ2v) is 6.65. The Morgan fingerprint density at radius 1 is 1.27 bits per heavy atom. The first-order chi connectivity index (χ1) is 12.6. The van der Waals surface area contributed by atoms with Crippen molar-refractivity contribution < 1.29 is 9.53 Å². The van der Waals surface area contributed by atoms with Crippen molar-refractivity contribution in [1.82, 2.24) is 19.7 Å². The van der Waals surface area contributed by atoms with Crippen molar-refractivity contribution in [3.05, 3.63) is 42.4 Å². The maximum Gasteiger partial charge on any atom is 0.222 e. The van der Waals surface area contributed by atoms with Gasteiger partial charge in [0.05, 0.1) is 17.4 Å². The third-order valence-corrected chi connectivity index (χ3v) is 4.98. The molecular weight excluding hydrogens is 330 g/mol. The average molecular weight is 351 g/mol. The lowest BCUT2D eigenvalue weighted by Crippen LogP contribution is -2.26. The summed E-state index contributed by atoms with van der Waals surface area (Å²) in [5.41, 5.74) is 1.48. The van der Waals surface area contributed by atoms with Crippen LogP contribution in [0, 0.1) is 0 Å². The molecule has 26 heavy (non-hydrogen) atoms. The van der Waals surface area contributed by atoms with Gasteiger partial charge in [-0.15, -0.1) is 0 Å². The standard InChI is InChI=1S/C19H21N5O2/c1-13(25)22-17-10-15-14(11-20-17)12-21-24(15)18-7-5-6-16(23-18)19(26-2)8-3-4-9-19/h5-7,10-12H,3-4,8-9H2,1-2H3,(H,20,22,25). The summed E-state index contributed by atoms with van der Waals surface area (Å²) in [6, 6.07) is 7.74. The van der Waals surface area contributed by atoms with Crippen LogP contribution in [0.5, 0.6) is 0 Å². The number of amides is 1. The monoisotopic (exact) mass is 351 g/mol. The Morgan fingerprint density at radius 2 is 2.08 bits per heavy atom. The maximum atomic E-state index is 11.3. The van der Waals surface area contributed by atoms with Crippen LogP contribution < -0.4 is 5.32 Å². The molecule has 1 fully saturated rings. The first kappa shape index (κ1) is 16.7. The van der Waals surface area contributed by atoms with Crippen molar-refractivity contribution >= 4 is 22.6 Å². The second-order valence-electron chi connectivity index (χ2n) is 6.65. The Labute approximate surface area is 151 Å². The SMILES string of the molecule is COC1(c2cccc(-n3ncc4cnc(NC(C)=O)cc43)n2)CCCC1. The van der Waals surface area contributed by atoms with Crippen molar-refractivity contribution in [2.45, 2.75) is 38.2 Å². The van der Waals surface area contributed by atoms with Crippen LogP contribution in [-0.2, 0) is 15.1 Å². The minimum absolute atomic E-state index is 0.161. The van der Waals surface area contributed by atoms with Crippen molar-refractivity contribution in [2.75, 3.05) is 12.4 Å². The van der Waals surface area contributed by atoms with E-state index >= 15 is 0 Å². The van der Waals surface area contributed by atoms with Crippen molar-refractivity contribution in [3.8, 4) is 5.82 Å². The zero-order valence-electron chi connectivity index (χ0n) is 14.9. The number of hydrogen-bond donors (Lipinski definition) is 1. The fourth-order valence-corrected chi connectivity index (χ4v) is 3.66. The number of rotatable bonds is 4. The summed E-state index contributed by atoms with van der Waals surface area (Å²) < 4.78 is 7.63. The van der Waals surface area contributed by atoms with Gasteiger partial charge in [-0.05, 0) is 25.0 Å². The van der Waals surface area contributed by atoms with Gasteiger partial charge >= 0.3 is 0 Å². The smallest absolute Gasteiger partial charge is 0.222 e. The molecule has 7 nitrogen and oxygen atoms in total. The van der Waals surface area contributed by atoms with Crippen LogP contribution in [0.15, 0.2) is 36.7 Å². The topological polar surface area (TPSA) is 81.9 Å². The van der Waals surface area contributed by atoms with Crippen LogP contribution >= 0.6 is 0 Å². The molecule has 0 bridgehead atoms. The molecule has 3 aromatic rings. The molecule has 0 aromatic carbocycles. The van der Waals surface area contributed by atoms with E-state index in [1.165, 1.54) is 6.92 Å². The number of anilines is 1. The molecule has 0 aliphatic heterocycles. The Kier molecular flexibility index (Phi) is 4.16. The molecule has 0 unspecified atom stereocenters. The van der Waals surface area contributed by atoms with Gasteiger partial charge in [-0.25, -0.2) is 14.6 Å². The first-order valence-electron chi connectivity index (χ1n) is 8.76. The number of hydrogen-bond acceptors (Lipinski definition) is 5. The lowest BCUT2D eigenvalue weighted by atomic mass is 9.97. The van der Waals surface area contributed by atoms with Gasteiger partial charge in [-0.1, -0.05) is 18.9 Å². The molecule has 1 amide bonds. The minimum Gasteiger partial charge on any atom is -0.372 e. The Morgan fingerprint density at radius 3 is 2.81 bits per heavy atom. The van der Waals surface area contributed by atoms with Crippen LogP contribution in [0.25, 0.3) is 16.7 Å². The first-order valence-corrected chi connectivity index (χ1v) is 8.76.